The van der Waals surface area contributed by atoms with Crippen LogP contribution in [0.4, 0.5) is 0 Å². The molecule has 0 aromatic rings. The first-order valence-electron chi connectivity index (χ1n) is 4.35. The molecule has 1 saturated heterocycles. The average molecular weight is 171 g/mol. The maximum Gasteiger partial charge on any atom is 0.253 e. The third kappa shape index (κ3) is 0.759. The van der Waals surface area contributed by atoms with E-state index in [0.29, 0.717) is 6.61 Å². The summed E-state index contributed by atoms with van der Waals surface area (Å²) in [5.41, 5.74) is -0.700. The van der Waals surface area contributed by atoms with E-state index in [1.807, 2.05) is 13.8 Å². The molecule has 0 amide bonds. The lowest BCUT2D eigenvalue weighted by atomic mass is 9.98. The molecule has 12 heavy (non-hydrogen) atoms. The fourth-order valence-corrected chi connectivity index (χ4v) is 2.35. The Kier molecular flexibility index (Phi) is 1.46. The van der Waals surface area contributed by atoms with Crippen LogP contribution in [0.5, 0.6) is 0 Å². The maximum atomic E-state index is 10.8. The van der Waals surface area contributed by atoms with Crippen LogP contribution in [-0.4, -0.2) is 23.2 Å². The van der Waals surface area contributed by atoms with E-state index in [-0.39, 0.29) is 22.9 Å². The van der Waals surface area contributed by atoms with Crippen molar-refractivity contribution in [3.8, 4) is 0 Å². The van der Waals surface area contributed by atoms with Crippen molar-refractivity contribution in [1.29, 1.82) is 0 Å². The predicted molar refractivity (Wildman–Crippen MR) is 42.4 cm³/mol. The molecule has 2 aliphatic rings. The first kappa shape index (κ1) is 7.98. The zero-order chi connectivity index (χ0) is 8.93. The van der Waals surface area contributed by atoms with E-state index in [1.165, 1.54) is 0 Å². The SMILES string of the molecule is CC(C)[C@H]1OC[C@@H]2C[C@@]21[N+](=O)[O-]. The first-order chi connectivity index (χ1) is 5.59. The minimum Gasteiger partial charge on any atom is -0.370 e. The number of rotatable bonds is 2. The normalized spacial score (nSPS) is 44.6. The van der Waals surface area contributed by atoms with Gasteiger partial charge >= 0.3 is 0 Å². The molecular weight excluding hydrogens is 158 g/mol. The summed E-state index contributed by atoms with van der Waals surface area (Å²) in [4.78, 5) is 10.7. The van der Waals surface area contributed by atoms with Crippen molar-refractivity contribution < 1.29 is 9.66 Å². The summed E-state index contributed by atoms with van der Waals surface area (Å²) in [5, 5.41) is 10.8. The van der Waals surface area contributed by atoms with E-state index in [2.05, 4.69) is 0 Å². The fraction of sp³-hybridized carbons (Fsp3) is 1.00. The molecule has 0 N–H and O–H groups in total. The zero-order valence-corrected chi connectivity index (χ0v) is 7.32. The minimum atomic E-state index is -0.700. The molecule has 2 rings (SSSR count). The molecule has 3 atom stereocenters. The van der Waals surface area contributed by atoms with Crippen LogP contribution in [0.15, 0.2) is 0 Å². The number of hydrogen-bond acceptors (Lipinski definition) is 3. The van der Waals surface area contributed by atoms with Crippen molar-refractivity contribution in [3.63, 3.8) is 0 Å². The van der Waals surface area contributed by atoms with Crippen LogP contribution in [0.1, 0.15) is 20.3 Å². The van der Waals surface area contributed by atoms with Gasteiger partial charge in [-0.15, -0.1) is 0 Å². The number of fused-ring (bicyclic) bond motifs is 1. The van der Waals surface area contributed by atoms with Gasteiger partial charge < -0.3 is 4.74 Å². The van der Waals surface area contributed by atoms with Gasteiger partial charge in [0.05, 0.1) is 12.5 Å². The van der Waals surface area contributed by atoms with Gasteiger partial charge in [0.25, 0.3) is 5.54 Å². The average Bonchev–Trinajstić information content (AvgIpc) is 2.58. The van der Waals surface area contributed by atoms with Crippen LogP contribution >= 0.6 is 0 Å². The molecule has 1 aliphatic carbocycles. The molecule has 2 fully saturated rings. The van der Waals surface area contributed by atoms with Crippen LogP contribution in [0.3, 0.4) is 0 Å². The van der Waals surface area contributed by atoms with Gasteiger partial charge in [-0.25, -0.2) is 0 Å². The number of hydrogen-bond donors (Lipinski definition) is 0. The van der Waals surface area contributed by atoms with Crippen molar-refractivity contribution in [1.82, 2.24) is 0 Å². The monoisotopic (exact) mass is 171 g/mol. The van der Waals surface area contributed by atoms with Crippen molar-refractivity contribution in [2.75, 3.05) is 6.61 Å². The van der Waals surface area contributed by atoms with E-state index in [9.17, 15) is 10.1 Å². The predicted octanol–water partition coefficient (Wildman–Crippen LogP) is 1.08. The van der Waals surface area contributed by atoms with E-state index >= 15 is 0 Å². The Morgan fingerprint density at radius 1 is 1.67 bits per heavy atom. The summed E-state index contributed by atoms with van der Waals surface area (Å²) >= 11 is 0. The Bertz CT molecular complexity index is 228. The van der Waals surface area contributed by atoms with Crippen LogP contribution in [0.2, 0.25) is 0 Å². The van der Waals surface area contributed by atoms with E-state index in [0.717, 1.165) is 6.42 Å². The van der Waals surface area contributed by atoms with Gasteiger partial charge in [0, 0.05) is 11.3 Å². The minimum absolute atomic E-state index is 0.130. The fourth-order valence-electron chi connectivity index (χ4n) is 2.35. The summed E-state index contributed by atoms with van der Waals surface area (Å²) in [6, 6.07) is 0. The highest BCUT2D eigenvalue weighted by Gasteiger charge is 2.75. The molecule has 4 nitrogen and oxygen atoms in total. The van der Waals surface area contributed by atoms with E-state index in [4.69, 9.17) is 4.74 Å². The third-order valence-corrected chi connectivity index (χ3v) is 3.04. The second-order valence-electron chi connectivity index (χ2n) is 4.15. The lowest BCUT2D eigenvalue weighted by molar-refractivity contribution is -0.550. The molecular formula is C8H13NO3. The highest BCUT2D eigenvalue weighted by atomic mass is 16.6. The highest BCUT2D eigenvalue weighted by Crippen LogP contribution is 2.56. The topological polar surface area (TPSA) is 52.4 Å². The van der Waals surface area contributed by atoms with Gasteiger partial charge in [0.2, 0.25) is 0 Å². The lowest BCUT2D eigenvalue weighted by Crippen LogP contribution is -2.38. The van der Waals surface area contributed by atoms with Crippen LogP contribution in [0.25, 0.3) is 0 Å². The van der Waals surface area contributed by atoms with Gasteiger partial charge in [-0.3, -0.25) is 10.1 Å². The second-order valence-corrected chi connectivity index (χ2v) is 4.15. The van der Waals surface area contributed by atoms with Gasteiger partial charge in [-0.1, -0.05) is 13.8 Å². The van der Waals surface area contributed by atoms with Crippen LogP contribution in [0, 0.1) is 22.0 Å². The van der Waals surface area contributed by atoms with E-state index in [1.54, 1.807) is 0 Å². The quantitative estimate of drug-likeness (QED) is 0.461. The van der Waals surface area contributed by atoms with Crippen molar-refractivity contribution >= 4 is 0 Å². The molecule has 0 aromatic carbocycles. The van der Waals surface area contributed by atoms with Gasteiger partial charge in [-0.2, -0.15) is 0 Å². The van der Waals surface area contributed by atoms with Crippen molar-refractivity contribution in [3.05, 3.63) is 10.1 Å². The molecule has 1 heterocycles. The Labute approximate surface area is 71.0 Å². The smallest absolute Gasteiger partial charge is 0.253 e. The van der Waals surface area contributed by atoms with E-state index < -0.39 is 5.54 Å². The Balaban J connectivity index is 2.21. The molecule has 0 bridgehead atoms. The summed E-state index contributed by atoms with van der Waals surface area (Å²) in [6.45, 7) is 4.55. The molecule has 0 unspecified atom stereocenters. The molecule has 0 spiro atoms. The number of nitrogens with zero attached hydrogens (tertiary/aromatic N) is 1. The van der Waals surface area contributed by atoms with Crippen LogP contribution < -0.4 is 0 Å². The summed E-state index contributed by atoms with van der Waals surface area (Å²) in [6.07, 6.45) is 0.570. The van der Waals surface area contributed by atoms with Crippen LogP contribution in [-0.2, 0) is 4.74 Å². The number of ether oxygens (including phenoxy) is 1. The molecule has 0 radical (unpaired) electrons. The standard InChI is InChI=1S/C8H13NO3/c1-5(2)7-8(9(10)11)3-6(8)4-12-7/h5-7H,3-4H2,1-2H3/t6-,7+,8+/m0/s1. The summed E-state index contributed by atoms with van der Waals surface area (Å²) in [7, 11) is 0. The number of nitro groups is 1. The Morgan fingerprint density at radius 2 is 2.33 bits per heavy atom. The third-order valence-electron chi connectivity index (χ3n) is 3.04. The van der Waals surface area contributed by atoms with Gasteiger partial charge in [0.15, 0.2) is 0 Å². The summed E-state index contributed by atoms with van der Waals surface area (Å²) in [5.74, 6) is 0.447. The molecule has 68 valence electrons. The molecule has 1 saturated carbocycles. The van der Waals surface area contributed by atoms with Crippen molar-refractivity contribution in [2.45, 2.75) is 31.9 Å². The second kappa shape index (κ2) is 2.19. The van der Waals surface area contributed by atoms with Crippen molar-refractivity contribution in [2.24, 2.45) is 11.8 Å². The molecule has 0 aromatic heterocycles. The van der Waals surface area contributed by atoms with Gasteiger partial charge in [-0.05, 0) is 5.92 Å². The summed E-state index contributed by atoms with van der Waals surface area (Å²) < 4.78 is 5.40. The lowest BCUT2D eigenvalue weighted by Gasteiger charge is -2.19. The van der Waals surface area contributed by atoms with Gasteiger partial charge in [0.1, 0.15) is 6.10 Å². The highest BCUT2D eigenvalue weighted by molar-refractivity contribution is 5.13. The Hall–Kier alpha value is -0.640. The first-order valence-corrected chi connectivity index (χ1v) is 4.35. The zero-order valence-electron chi connectivity index (χ0n) is 7.32. The molecule has 4 heteroatoms. The molecule has 1 aliphatic heterocycles. The maximum absolute atomic E-state index is 10.8. The Morgan fingerprint density at radius 3 is 2.67 bits per heavy atom. The largest absolute Gasteiger partial charge is 0.370 e.